The lowest BCUT2D eigenvalue weighted by Crippen LogP contribution is -2.24. The Morgan fingerprint density at radius 3 is 3.00 bits per heavy atom. The van der Waals surface area contributed by atoms with E-state index in [-0.39, 0.29) is 0 Å². The van der Waals surface area contributed by atoms with Gasteiger partial charge in [0.1, 0.15) is 5.82 Å². The van der Waals surface area contributed by atoms with Gasteiger partial charge in [0.05, 0.1) is 0 Å². The second kappa shape index (κ2) is 5.25. The Hall–Kier alpha value is -1.49. The number of H-pyrrole nitrogens is 1. The summed E-state index contributed by atoms with van der Waals surface area (Å²) in [5.41, 5.74) is 2.20. The number of hydrogen-bond donors (Lipinski definition) is 2. The van der Waals surface area contributed by atoms with Crippen LogP contribution in [-0.2, 0) is 0 Å². The van der Waals surface area contributed by atoms with Crippen molar-refractivity contribution in [3.8, 4) is 11.4 Å². The lowest BCUT2D eigenvalue weighted by atomic mass is 10.1. The molecule has 0 spiro atoms. The molecule has 1 aliphatic heterocycles. The predicted molar refractivity (Wildman–Crippen MR) is 80.5 cm³/mol. The number of hydrogen-bond acceptors (Lipinski definition) is 4. The fraction of sp³-hybridized carbons (Fsp3) is 0.429. The van der Waals surface area contributed by atoms with Gasteiger partial charge < -0.3 is 5.32 Å². The van der Waals surface area contributed by atoms with Crippen molar-refractivity contribution in [3.05, 3.63) is 30.1 Å². The third-order valence-corrected chi connectivity index (χ3v) is 4.77. The molecule has 2 atom stereocenters. The largest absolute Gasteiger partial charge is 0.381 e. The van der Waals surface area contributed by atoms with E-state index < -0.39 is 0 Å². The van der Waals surface area contributed by atoms with Crippen LogP contribution in [0.4, 0.5) is 5.69 Å². The van der Waals surface area contributed by atoms with E-state index in [0.29, 0.717) is 11.3 Å². The molecule has 2 unspecified atom stereocenters. The van der Waals surface area contributed by atoms with E-state index in [1.807, 2.05) is 24.8 Å². The van der Waals surface area contributed by atoms with Gasteiger partial charge in [-0.1, -0.05) is 19.1 Å². The van der Waals surface area contributed by atoms with Gasteiger partial charge >= 0.3 is 0 Å². The first-order valence-electron chi connectivity index (χ1n) is 6.60. The third kappa shape index (κ3) is 2.76. The van der Waals surface area contributed by atoms with Crippen LogP contribution in [0.1, 0.15) is 19.2 Å². The lowest BCUT2D eigenvalue weighted by Gasteiger charge is -2.18. The van der Waals surface area contributed by atoms with E-state index in [1.165, 1.54) is 12.2 Å². The van der Waals surface area contributed by atoms with Gasteiger partial charge in [-0.15, -0.1) is 0 Å². The summed E-state index contributed by atoms with van der Waals surface area (Å²) in [6, 6.07) is 8.89. The fourth-order valence-corrected chi connectivity index (χ4v) is 3.55. The SMILES string of the molecule is Cc1nc(-c2cccc(NC3CCSC3C)c2)n[nH]1. The van der Waals surface area contributed by atoms with Gasteiger partial charge in [0, 0.05) is 22.5 Å². The van der Waals surface area contributed by atoms with Crippen molar-refractivity contribution in [2.75, 3.05) is 11.1 Å². The number of aryl methyl sites for hydroxylation is 1. The lowest BCUT2D eigenvalue weighted by molar-refractivity contribution is 0.724. The molecule has 4 nitrogen and oxygen atoms in total. The number of nitrogens with one attached hydrogen (secondary N) is 2. The van der Waals surface area contributed by atoms with Crippen LogP contribution in [0.15, 0.2) is 24.3 Å². The molecule has 1 fully saturated rings. The van der Waals surface area contributed by atoms with Crippen molar-refractivity contribution in [1.29, 1.82) is 0 Å². The van der Waals surface area contributed by atoms with Crippen molar-refractivity contribution in [1.82, 2.24) is 15.2 Å². The van der Waals surface area contributed by atoms with Crippen LogP contribution >= 0.6 is 11.8 Å². The molecule has 1 aromatic heterocycles. The summed E-state index contributed by atoms with van der Waals surface area (Å²) in [7, 11) is 0. The van der Waals surface area contributed by atoms with E-state index in [4.69, 9.17) is 0 Å². The van der Waals surface area contributed by atoms with Crippen molar-refractivity contribution in [2.45, 2.75) is 31.6 Å². The number of nitrogens with zero attached hydrogens (tertiary/aromatic N) is 2. The Labute approximate surface area is 117 Å². The Balaban J connectivity index is 1.80. The van der Waals surface area contributed by atoms with Gasteiger partial charge in [0.25, 0.3) is 0 Å². The summed E-state index contributed by atoms with van der Waals surface area (Å²) in [4.78, 5) is 4.37. The van der Waals surface area contributed by atoms with E-state index >= 15 is 0 Å². The molecule has 19 heavy (non-hydrogen) atoms. The normalized spacial score (nSPS) is 22.6. The summed E-state index contributed by atoms with van der Waals surface area (Å²) in [6.45, 7) is 4.20. The zero-order valence-electron chi connectivity index (χ0n) is 11.2. The minimum Gasteiger partial charge on any atom is -0.381 e. The van der Waals surface area contributed by atoms with Crippen LogP contribution in [0.25, 0.3) is 11.4 Å². The Bertz CT molecular complexity index is 566. The van der Waals surface area contributed by atoms with Crippen LogP contribution in [0.3, 0.4) is 0 Å². The molecule has 0 amide bonds. The first-order chi connectivity index (χ1) is 9.22. The molecule has 0 bridgehead atoms. The first-order valence-corrected chi connectivity index (χ1v) is 7.65. The van der Waals surface area contributed by atoms with Crippen LogP contribution in [0, 0.1) is 6.92 Å². The molecular formula is C14H18N4S. The molecule has 1 aliphatic rings. The topological polar surface area (TPSA) is 53.6 Å². The van der Waals surface area contributed by atoms with E-state index in [0.717, 1.165) is 22.9 Å². The average Bonchev–Trinajstić information content (AvgIpc) is 3.00. The summed E-state index contributed by atoms with van der Waals surface area (Å²) >= 11 is 2.04. The monoisotopic (exact) mass is 274 g/mol. The highest BCUT2D eigenvalue weighted by Gasteiger charge is 2.23. The minimum absolute atomic E-state index is 0.564. The van der Waals surface area contributed by atoms with Gasteiger partial charge in [0.15, 0.2) is 5.82 Å². The molecule has 1 aromatic carbocycles. The highest BCUT2D eigenvalue weighted by molar-refractivity contribution is 8.00. The van der Waals surface area contributed by atoms with Gasteiger partial charge in [0.2, 0.25) is 0 Å². The first kappa shape index (κ1) is 12.5. The number of aromatic amines is 1. The maximum Gasteiger partial charge on any atom is 0.181 e. The van der Waals surface area contributed by atoms with Crippen LogP contribution in [0.2, 0.25) is 0 Å². The minimum atomic E-state index is 0.564. The van der Waals surface area contributed by atoms with Crippen LogP contribution < -0.4 is 5.32 Å². The molecule has 5 heteroatoms. The molecule has 1 saturated heterocycles. The van der Waals surface area contributed by atoms with Crippen molar-refractivity contribution < 1.29 is 0 Å². The highest BCUT2D eigenvalue weighted by atomic mass is 32.2. The predicted octanol–water partition coefficient (Wildman–Crippen LogP) is 3.09. The van der Waals surface area contributed by atoms with E-state index in [1.54, 1.807) is 0 Å². The Morgan fingerprint density at radius 1 is 1.42 bits per heavy atom. The number of anilines is 1. The smallest absolute Gasteiger partial charge is 0.181 e. The Morgan fingerprint density at radius 2 is 2.32 bits per heavy atom. The molecule has 2 aromatic rings. The van der Waals surface area contributed by atoms with E-state index in [2.05, 4.69) is 45.6 Å². The summed E-state index contributed by atoms with van der Waals surface area (Å²) in [6.07, 6.45) is 1.23. The second-order valence-corrected chi connectivity index (χ2v) is 6.43. The summed E-state index contributed by atoms with van der Waals surface area (Å²) < 4.78 is 0. The fourth-order valence-electron chi connectivity index (χ4n) is 2.36. The quantitative estimate of drug-likeness (QED) is 0.903. The zero-order chi connectivity index (χ0) is 13.2. The second-order valence-electron chi connectivity index (χ2n) is 4.94. The maximum absolute atomic E-state index is 4.37. The summed E-state index contributed by atoms with van der Waals surface area (Å²) in [5.74, 6) is 2.85. The van der Waals surface area contributed by atoms with Crippen LogP contribution in [-0.4, -0.2) is 32.2 Å². The van der Waals surface area contributed by atoms with Crippen molar-refractivity contribution >= 4 is 17.4 Å². The molecule has 3 rings (SSSR count). The van der Waals surface area contributed by atoms with Gasteiger partial charge in [-0.3, -0.25) is 5.10 Å². The zero-order valence-corrected chi connectivity index (χ0v) is 12.0. The van der Waals surface area contributed by atoms with Gasteiger partial charge in [-0.25, -0.2) is 4.98 Å². The molecule has 0 radical (unpaired) electrons. The number of aromatic nitrogens is 3. The van der Waals surface area contributed by atoms with E-state index in [9.17, 15) is 0 Å². The molecular weight excluding hydrogens is 256 g/mol. The number of rotatable bonds is 3. The third-order valence-electron chi connectivity index (χ3n) is 3.45. The van der Waals surface area contributed by atoms with Gasteiger partial charge in [-0.2, -0.15) is 16.9 Å². The maximum atomic E-state index is 4.37. The van der Waals surface area contributed by atoms with Gasteiger partial charge in [-0.05, 0) is 31.2 Å². The Kier molecular flexibility index (Phi) is 3.46. The van der Waals surface area contributed by atoms with Crippen LogP contribution in [0.5, 0.6) is 0 Å². The number of benzene rings is 1. The molecule has 0 saturated carbocycles. The van der Waals surface area contributed by atoms with Crippen molar-refractivity contribution in [3.63, 3.8) is 0 Å². The number of thioether (sulfide) groups is 1. The molecule has 2 N–H and O–H groups in total. The summed E-state index contributed by atoms with van der Waals surface area (Å²) in [5, 5.41) is 11.4. The molecule has 0 aliphatic carbocycles. The molecule has 2 heterocycles. The standard InChI is InChI=1S/C14H18N4S/c1-9-13(6-7-19-9)16-12-5-3-4-11(8-12)14-15-10(2)17-18-14/h3-5,8-9,13,16H,6-7H2,1-2H3,(H,15,17,18). The van der Waals surface area contributed by atoms with Crippen molar-refractivity contribution in [2.24, 2.45) is 0 Å². The average molecular weight is 274 g/mol. The molecule has 100 valence electrons. The highest BCUT2D eigenvalue weighted by Crippen LogP contribution is 2.29.